The molecule has 2 rings (SSSR count). The molecule has 1 saturated carbocycles. The van der Waals surface area contributed by atoms with Crippen molar-refractivity contribution in [3.05, 3.63) is 23.9 Å². The van der Waals surface area contributed by atoms with Crippen molar-refractivity contribution in [2.75, 3.05) is 26.0 Å². The SMILES string of the molecule is CNc1ncccc1C(=O)N(C)CC1CCC1. The Bertz CT molecular complexity index is 401. The highest BCUT2D eigenvalue weighted by Crippen LogP contribution is 2.27. The predicted octanol–water partition coefficient (Wildman–Crippen LogP) is 2.00. The van der Waals surface area contributed by atoms with Gasteiger partial charge in [0.15, 0.2) is 0 Å². The van der Waals surface area contributed by atoms with Crippen molar-refractivity contribution >= 4 is 11.7 Å². The zero-order valence-corrected chi connectivity index (χ0v) is 10.4. The van der Waals surface area contributed by atoms with E-state index in [1.165, 1.54) is 19.3 Å². The molecule has 0 aliphatic heterocycles. The lowest BCUT2D eigenvalue weighted by Gasteiger charge is -2.30. The second-order valence-electron chi connectivity index (χ2n) is 4.63. The Hall–Kier alpha value is -1.58. The molecule has 4 nitrogen and oxygen atoms in total. The number of carbonyl (C=O) groups is 1. The van der Waals surface area contributed by atoms with E-state index < -0.39 is 0 Å². The van der Waals surface area contributed by atoms with Crippen molar-refractivity contribution in [3.8, 4) is 0 Å². The Balaban J connectivity index is 2.06. The van der Waals surface area contributed by atoms with Gasteiger partial charge in [-0.15, -0.1) is 0 Å². The van der Waals surface area contributed by atoms with Crippen molar-refractivity contribution in [2.45, 2.75) is 19.3 Å². The van der Waals surface area contributed by atoms with Crippen molar-refractivity contribution in [1.82, 2.24) is 9.88 Å². The van der Waals surface area contributed by atoms with Crippen LogP contribution in [0.3, 0.4) is 0 Å². The summed E-state index contributed by atoms with van der Waals surface area (Å²) in [5.41, 5.74) is 0.650. The van der Waals surface area contributed by atoms with Gasteiger partial charge in [-0.25, -0.2) is 4.98 Å². The monoisotopic (exact) mass is 233 g/mol. The minimum absolute atomic E-state index is 0.0503. The van der Waals surface area contributed by atoms with Crippen LogP contribution in [-0.2, 0) is 0 Å². The van der Waals surface area contributed by atoms with E-state index >= 15 is 0 Å². The highest BCUT2D eigenvalue weighted by molar-refractivity contribution is 5.98. The maximum absolute atomic E-state index is 12.2. The first kappa shape index (κ1) is 11.9. The molecule has 4 heteroatoms. The summed E-state index contributed by atoms with van der Waals surface area (Å²) in [5.74, 6) is 1.39. The standard InChI is InChI=1S/C13H19N3O/c1-14-12-11(7-4-8-15-12)13(17)16(2)9-10-5-3-6-10/h4,7-8,10H,3,5-6,9H2,1-2H3,(H,14,15). The summed E-state index contributed by atoms with van der Waals surface area (Å²) < 4.78 is 0. The number of rotatable bonds is 4. The van der Waals surface area contributed by atoms with Crippen molar-refractivity contribution in [2.24, 2.45) is 5.92 Å². The van der Waals surface area contributed by atoms with Crippen molar-refractivity contribution < 1.29 is 4.79 Å². The van der Waals surface area contributed by atoms with Crippen LogP contribution in [0.2, 0.25) is 0 Å². The molecule has 1 heterocycles. The summed E-state index contributed by atoms with van der Waals surface area (Å²) in [6.07, 6.45) is 5.50. The first-order valence-electron chi connectivity index (χ1n) is 6.10. The third-order valence-electron chi connectivity index (χ3n) is 3.38. The maximum Gasteiger partial charge on any atom is 0.257 e. The summed E-state index contributed by atoms with van der Waals surface area (Å²) in [5, 5.41) is 2.95. The van der Waals surface area contributed by atoms with E-state index in [2.05, 4.69) is 10.3 Å². The van der Waals surface area contributed by atoms with E-state index in [0.29, 0.717) is 17.3 Å². The molecular weight excluding hydrogens is 214 g/mol. The van der Waals surface area contributed by atoms with Gasteiger partial charge in [0.2, 0.25) is 0 Å². The molecule has 1 aliphatic carbocycles. The Morgan fingerprint density at radius 1 is 1.59 bits per heavy atom. The van der Waals surface area contributed by atoms with Gasteiger partial charge in [-0.2, -0.15) is 0 Å². The Labute approximate surface area is 102 Å². The molecule has 0 aromatic carbocycles. The lowest BCUT2D eigenvalue weighted by Crippen LogP contribution is -2.34. The summed E-state index contributed by atoms with van der Waals surface area (Å²) in [7, 11) is 3.65. The first-order valence-corrected chi connectivity index (χ1v) is 6.10. The number of carbonyl (C=O) groups excluding carboxylic acids is 1. The van der Waals surface area contributed by atoms with Crippen molar-refractivity contribution in [1.29, 1.82) is 0 Å². The molecule has 1 amide bonds. The van der Waals surface area contributed by atoms with Crippen LogP contribution in [0.15, 0.2) is 18.3 Å². The van der Waals surface area contributed by atoms with E-state index in [1.807, 2.05) is 18.0 Å². The minimum Gasteiger partial charge on any atom is -0.372 e. The Kier molecular flexibility index (Phi) is 3.61. The van der Waals surface area contributed by atoms with E-state index in [4.69, 9.17) is 0 Å². The second-order valence-corrected chi connectivity index (χ2v) is 4.63. The molecule has 1 aromatic heterocycles. The molecule has 0 atom stereocenters. The highest BCUT2D eigenvalue weighted by atomic mass is 16.2. The first-order chi connectivity index (χ1) is 8.22. The second kappa shape index (κ2) is 5.17. The van der Waals surface area contributed by atoms with Gasteiger partial charge in [-0.1, -0.05) is 6.42 Å². The third kappa shape index (κ3) is 2.57. The van der Waals surface area contributed by atoms with Crippen LogP contribution >= 0.6 is 0 Å². The summed E-state index contributed by atoms with van der Waals surface area (Å²) in [4.78, 5) is 18.2. The number of nitrogens with one attached hydrogen (secondary N) is 1. The normalized spacial score (nSPS) is 15.2. The maximum atomic E-state index is 12.2. The minimum atomic E-state index is 0.0503. The van der Waals surface area contributed by atoms with Gasteiger partial charge < -0.3 is 10.2 Å². The van der Waals surface area contributed by atoms with Gasteiger partial charge in [0.05, 0.1) is 5.56 Å². The number of nitrogens with zero attached hydrogens (tertiary/aromatic N) is 2. The molecule has 1 aliphatic rings. The molecule has 1 fully saturated rings. The molecule has 1 aromatic rings. The van der Waals surface area contributed by atoms with Gasteiger partial charge in [0.25, 0.3) is 5.91 Å². The van der Waals surface area contributed by atoms with Crippen LogP contribution in [0.5, 0.6) is 0 Å². The zero-order valence-electron chi connectivity index (χ0n) is 10.4. The smallest absolute Gasteiger partial charge is 0.257 e. The average Bonchev–Trinajstić information content (AvgIpc) is 2.32. The summed E-state index contributed by atoms with van der Waals surface area (Å²) in [6.45, 7) is 0.858. The van der Waals surface area contributed by atoms with E-state index in [-0.39, 0.29) is 5.91 Å². The lowest BCUT2D eigenvalue weighted by atomic mass is 9.85. The largest absolute Gasteiger partial charge is 0.372 e. The molecule has 92 valence electrons. The van der Waals surface area contributed by atoms with E-state index in [1.54, 1.807) is 19.3 Å². The number of anilines is 1. The predicted molar refractivity (Wildman–Crippen MR) is 68.1 cm³/mol. The molecule has 0 spiro atoms. The van der Waals surface area contributed by atoms with Gasteiger partial charge in [-0.3, -0.25) is 4.79 Å². The third-order valence-corrected chi connectivity index (χ3v) is 3.38. The molecular formula is C13H19N3O. The van der Waals surface area contributed by atoms with Gasteiger partial charge >= 0.3 is 0 Å². The summed E-state index contributed by atoms with van der Waals surface area (Å²) in [6, 6.07) is 3.61. The van der Waals surface area contributed by atoms with E-state index in [9.17, 15) is 4.79 Å². The quantitative estimate of drug-likeness (QED) is 0.865. The van der Waals surface area contributed by atoms with Crippen LogP contribution in [0.4, 0.5) is 5.82 Å². The Morgan fingerprint density at radius 3 is 2.94 bits per heavy atom. The molecule has 0 radical (unpaired) electrons. The molecule has 17 heavy (non-hydrogen) atoms. The van der Waals surface area contributed by atoms with Gasteiger partial charge in [0.1, 0.15) is 5.82 Å². The van der Waals surface area contributed by atoms with E-state index in [0.717, 1.165) is 6.54 Å². The van der Waals surface area contributed by atoms with Gasteiger partial charge in [-0.05, 0) is 30.9 Å². The van der Waals surface area contributed by atoms with Crippen LogP contribution in [-0.4, -0.2) is 36.4 Å². The topological polar surface area (TPSA) is 45.2 Å². The number of amides is 1. The fourth-order valence-electron chi connectivity index (χ4n) is 2.13. The molecule has 0 bridgehead atoms. The summed E-state index contributed by atoms with van der Waals surface area (Å²) >= 11 is 0. The number of pyridine rings is 1. The highest BCUT2D eigenvalue weighted by Gasteiger charge is 2.23. The van der Waals surface area contributed by atoms with Crippen LogP contribution in [0, 0.1) is 5.92 Å². The molecule has 0 unspecified atom stereocenters. The average molecular weight is 233 g/mol. The van der Waals surface area contributed by atoms with Crippen molar-refractivity contribution in [3.63, 3.8) is 0 Å². The van der Waals surface area contributed by atoms with Gasteiger partial charge in [0, 0.05) is 26.8 Å². The van der Waals surface area contributed by atoms with Crippen LogP contribution in [0.25, 0.3) is 0 Å². The number of aromatic nitrogens is 1. The fraction of sp³-hybridized carbons (Fsp3) is 0.538. The Morgan fingerprint density at radius 2 is 2.35 bits per heavy atom. The lowest BCUT2D eigenvalue weighted by molar-refractivity contribution is 0.0746. The molecule has 1 N–H and O–H groups in total. The molecule has 0 saturated heterocycles. The fourth-order valence-corrected chi connectivity index (χ4v) is 2.13. The van der Waals surface area contributed by atoms with Crippen LogP contribution in [0.1, 0.15) is 29.6 Å². The van der Waals surface area contributed by atoms with Crippen LogP contribution < -0.4 is 5.32 Å². The zero-order chi connectivity index (χ0) is 12.3. The number of hydrogen-bond acceptors (Lipinski definition) is 3. The number of hydrogen-bond donors (Lipinski definition) is 1.